The molecule has 0 amide bonds. The highest BCUT2D eigenvalue weighted by atomic mass is 19.1. The van der Waals surface area contributed by atoms with Gasteiger partial charge in [-0.05, 0) is 55.7 Å². The topological polar surface area (TPSA) is 80.0 Å². The van der Waals surface area contributed by atoms with E-state index in [4.69, 9.17) is 9.73 Å². The van der Waals surface area contributed by atoms with Gasteiger partial charge in [-0.1, -0.05) is 38.1 Å². The van der Waals surface area contributed by atoms with Gasteiger partial charge in [-0.2, -0.15) is 4.98 Å². The molecule has 2 aliphatic heterocycles. The first-order valence-corrected chi connectivity index (χ1v) is 14.6. The van der Waals surface area contributed by atoms with Crippen molar-refractivity contribution in [1.82, 2.24) is 14.5 Å². The molecule has 1 aromatic heterocycles. The molecule has 0 spiro atoms. The Kier molecular flexibility index (Phi) is 8.82. The number of hydrogen-bond acceptors (Lipinski definition) is 7. The van der Waals surface area contributed by atoms with Crippen LogP contribution in [0.25, 0.3) is 0 Å². The van der Waals surface area contributed by atoms with Crippen LogP contribution in [0.2, 0.25) is 0 Å². The SMILES string of the molecule is CCCn1c2c(c(N3CCN(C(c4ccc(F)cc4)c4ccc(F)cc4)CC3)nc1=O)C(C)C(C(=O)OCC)C(C)=N2. The second kappa shape index (κ2) is 12.5. The van der Waals surface area contributed by atoms with Gasteiger partial charge >= 0.3 is 11.7 Å². The lowest BCUT2D eigenvalue weighted by Gasteiger charge is -2.41. The number of hydrogen-bond donors (Lipinski definition) is 0. The summed E-state index contributed by atoms with van der Waals surface area (Å²) in [7, 11) is 0. The lowest BCUT2D eigenvalue weighted by Crippen LogP contribution is -2.49. The van der Waals surface area contributed by atoms with E-state index < -0.39 is 5.92 Å². The molecular formula is C32H37F2N5O3. The first-order valence-electron chi connectivity index (χ1n) is 14.6. The Morgan fingerprint density at radius 3 is 2.07 bits per heavy atom. The largest absolute Gasteiger partial charge is 0.465 e. The Labute approximate surface area is 244 Å². The number of anilines is 1. The van der Waals surface area contributed by atoms with E-state index in [0.29, 0.717) is 50.1 Å². The number of esters is 1. The van der Waals surface area contributed by atoms with E-state index in [-0.39, 0.29) is 41.9 Å². The lowest BCUT2D eigenvalue weighted by molar-refractivity contribution is -0.146. The Balaban J connectivity index is 1.49. The summed E-state index contributed by atoms with van der Waals surface area (Å²) in [5, 5.41) is 0. The molecule has 3 aromatic rings. The van der Waals surface area contributed by atoms with Gasteiger partial charge in [-0.3, -0.25) is 14.3 Å². The zero-order valence-electron chi connectivity index (χ0n) is 24.5. The molecule has 2 unspecified atom stereocenters. The fourth-order valence-electron chi connectivity index (χ4n) is 6.21. The number of aromatic nitrogens is 2. The van der Waals surface area contributed by atoms with Crippen LogP contribution in [0, 0.1) is 17.6 Å². The Morgan fingerprint density at radius 2 is 1.55 bits per heavy atom. The first kappa shape index (κ1) is 29.6. The lowest BCUT2D eigenvalue weighted by atomic mass is 9.82. The van der Waals surface area contributed by atoms with Crippen molar-refractivity contribution < 1.29 is 18.3 Å². The van der Waals surface area contributed by atoms with Gasteiger partial charge in [0.25, 0.3) is 0 Å². The number of ether oxygens (including phenoxy) is 1. The summed E-state index contributed by atoms with van der Waals surface area (Å²) in [6, 6.07) is 12.6. The molecule has 10 heteroatoms. The molecule has 2 aromatic carbocycles. The molecule has 0 bridgehead atoms. The number of rotatable bonds is 8. The number of fused-ring (bicyclic) bond motifs is 1. The minimum atomic E-state index is -0.562. The molecule has 2 atom stereocenters. The Morgan fingerprint density at radius 1 is 0.976 bits per heavy atom. The summed E-state index contributed by atoms with van der Waals surface area (Å²) in [5.41, 5.74) is 2.87. The van der Waals surface area contributed by atoms with Gasteiger partial charge in [0.15, 0.2) is 0 Å². The molecule has 0 aliphatic carbocycles. The molecule has 2 aliphatic rings. The quantitative estimate of drug-likeness (QED) is 0.341. The number of halogens is 2. The minimum absolute atomic E-state index is 0.202. The maximum Gasteiger partial charge on any atom is 0.351 e. The van der Waals surface area contributed by atoms with Crippen molar-refractivity contribution in [2.45, 2.75) is 52.6 Å². The molecule has 0 N–H and O–H groups in total. The molecule has 0 saturated carbocycles. The molecule has 1 saturated heterocycles. The highest BCUT2D eigenvalue weighted by Gasteiger charge is 2.40. The molecule has 8 nitrogen and oxygen atoms in total. The summed E-state index contributed by atoms with van der Waals surface area (Å²) in [5.74, 6) is -0.690. The van der Waals surface area contributed by atoms with Crippen LogP contribution in [0.5, 0.6) is 0 Å². The third-order valence-electron chi connectivity index (χ3n) is 8.20. The van der Waals surface area contributed by atoms with Crippen LogP contribution in [-0.4, -0.2) is 58.9 Å². The van der Waals surface area contributed by atoms with Crippen molar-refractivity contribution >= 4 is 23.3 Å². The maximum atomic E-state index is 13.8. The standard InChI is InChI=1S/C32H37F2N5O3/c1-5-15-39-30-27(20(3)26(21(4)35-30)31(40)42-6-2)29(36-32(39)41)38-18-16-37(17-19-38)28(22-7-11-24(33)12-8-22)23-9-13-25(34)14-10-23/h7-14,20,26,28H,5-6,15-19H2,1-4H3. The van der Waals surface area contributed by atoms with Gasteiger partial charge in [-0.25, -0.2) is 18.6 Å². The maximum absolute atomic E-state index is 13.8. The van der Waals surface area contributed by atoms with Crippen molar-refractivity contribution in [2.24, 2.45) is 10.9 Å². The summed E-state index contributed by atoms with van der Waals surface area (Å²) in [6.45, 7) is 10.7. The third kappa shape index (κ3) is 5.72. The van der Waals surface area contributed by atoms with Crippen molar-refractivity contribution in [2.75, 3.05) is 37.7 Å². The minimum Gasteiger partial charge on any atom is -0.465 e. The van der Waals surface area contributed by atoms with Crippen molar-refractivity contribution in [1.29, 1.82) is 0 Å². The second-order valence-electron chi connectivity index (χ2n) is 10.9. The van der Waals surface area contributed by atoms with Crippen molar-refractivity contribution in [3.8, 4) is 0 Å². The predicted molar refractivity (Wildman–Crippen MR) is 159 cm³/mol. The number of benzene rings is 2. The van der Waals surface area contributed by atoms with Crippen LogP contribution in [0.3, 0.4) is 0 Å². The van der Waals surface area contributed by atoms with Crippen LogP contribution in [-0.2, 0) is 16.1 Å². The van der Waals surface area contributed by atoms with E-state index in [2.05, 4.69) is 14.8 Å². The van der Waals surface area contributed by atoms with Gasteiger partial charge in [0.1, 0.15) is 29.2 Å². The smallest absolute Gasteiger partial charge is 0.351 e. The van der Waals surface area contributed by atoms with E-state index in [1.807, 2.05) is 20.8 Å². The zero-order chi connectivity index (χ0) is 30.0. The molecule has 3 heterocycles. The van der Waals surface area contributed by atoms with Crippen LogP contribution in [0.4, 0.5) is 20.4 Å². The molecule has 222 valence electrons. The number of carbonyl (C=O) groups is 1. The van der Waals surface area contributed by atoms with Crippen LogP contribution in [0.1, 0.15) is 62.8 Å². The molecular weight excluding hydrogens is 540 g/mol. The van der Waals surface area contributed by atoms with E-state index in [1.165, 1.54) is 24.3 Å². The first-order chi connectivity index (χ1) is 20.2. The van der Waals surface area contributed by atoms with Gasteiger partial charge in [0, 0.05) is 49.9 Å². The average molecular weight is 578 g/mol. The molecule has 0 radical (unpaired) electrons. The third-order valence-corrected chi connectivity index (χ3v) is 8.20. The van der Waals surface area contributed by atoms with Crippen LogP contribution < -0.4 is 10.6 Å². The fraction of sp³-hybridized carbons (Fsp3) is 0.438. The summed E-state index contributed by atoms with van der Waals surface area (Å²) in [6.07, 6.45) is 0.741. The summed E-state index contributed by atoms with van der Waals surface area (Å²) < 4.78 is 34.5. The molecule has 42 heavy (non-hydrogen) atoms. The van der Waals surface area contributed by atoms with Crippen LogP contribution >= 0.6 is 0 Å². The average Bonchev–Trinajstić information content (AvgIpc) is 2.97. The van der Waals surface area contributed by atoms with Gasteiger partial charge < -0.3 is 9.64 Å². The Hall–Kier alpha value is -3.92. The van der Waals surface area contributed by atoms with Gasteiger partial charge in [0.05, 0.1) is 12.6 Å². The summed E-state index contributed by atoms with van der Waals surface area (Å²) >= 11 is 0. The van der Waals surface area contributed by atoms with Crippen molar-refractivity contribution in [3.05, 3.63) is 87.3 Å². The van der Waals surface area contributed by atoms with E-state index in [0.717, 1.165) is 23.1 Å². The van der Waals surface area contributed by atoms with Crippen LogP contribution in [0.15, 0.2) is 58.3 Å². The van der Waals surface area contributed by atoms with E-state index in [9.17, 15) is 18.4 Å². The van der Waals surface area contributed by atoms with E-state index in [1.54, 1.807) is 35.8 Å². The van der Waals surface area contributed by atoms with Gasteiger partial charge in [0.2, 0.25) is 0 Å². The number of nitrogens with zero attached hydrogens (tertiary/aromatic N) is 5. The Bertz CT molecular complexity index is 1470. The van der Waals surface area contributed by atoms with E-state index >= 15 is 0 Å². The predicted octanol–water partition coefficient (Wildman–Crippen LogP) is 5.23. The summed E-state index contributed by atoms with van der Waals surface area (Å²) in [4.78, 5) is 39.9. The highest BCUT2D eigenvalue weighted by Crippen LogP contribution is 2.43. The number of aliphatic imine (C=N–C) groups is 1. The normalized spacial score (nSPS) is 19.0. The molecule has 5 rings (SSSR count). The van der Waals surface area contributed by atoms with Gasteiger partial charge in [-0.15, -0.1) is 0 Å². The number of piperazine rings is 1. The monoisotopic (exact) mass is 577 g/mol. The van der Waals surface area contributed by atoms with Crippen molar-refractivity contribution in [3.63, 3.8) is 0 Å². The highest BCUT2D eigenvalue weighted by molar-refractivity contribution is 6.04. The number of carbonyl (C=O) groups excluding carboxylic acids is 1. The zero-order valence-corrected chi connectivity index (χ0v) is 24.5. The molecule has 1 fully saturated rings. The fourth-order valence-corrected chi connectivity index (χ4v) is 6.21. The second-order valence-corrected chi connectivity index (χ2v) is 10.9.